The molecule has 1 fully saturated rings. The molecule has 0 aliphatic carbocycles. The maximum atomic E-state index is 11.6. The molecule has 2 rings (SSSR count). The molecule has 1 aliphatic heterocycles. The van der Waals surface area contributed by atoms with Crippen LogP contribution in [0.3, 0.4) is 0 Å². The van der Waals surface area contributed by atoms with Crippen molar-refractivity contribution in [3.8, 4) is 0 Å². The van der Waals surface area contributed by atoms with Crippen LogP contribution in [0.15, 0.2) is 30.3 Å². The molecule has 1 saturated heterocycles. The van der Waals surface area contributed by atoms with Crippen LogP contribution in [-0.4, -0.2) is 36.5 Å². The Hall–Kier alpha value is -1.35. The molecule has 0 radical (unpaired) electrons. The van der Waals surface area contributed by atoms with E-state index in [9.17, 15) is 4.79 Å². The highest BCUT2D eigenvalue weighted by Gasteiger charge is 2.28. The Kier molecular flexibility index (Phi) is 4.15. The molecule has 1 aromatic carbocycles. The van der Waals surface area contributed by atoms with E-state index in [0.717, 1.165) is 32.5 Å². The van der Waals surface area contributed by atoms with E-state index in [4.69, 9.17) is 0 Å². The second-order valence-corrected chi connectivity index (χ2v) is 4.46. The highest BCUT2D eigenvalue weighted by molar-refractivity contribution is 5.83. The van der Waals surface area contributed by atoms with Gasteiger partial charge in [0.1, 0.15) is 0 Å². The molecular formula is C14H20N2O. The molecule has 92 valence electrons. The van der Waals surface area contributed by atoms with Crippen LogP contribution in [0, 0.1) is 0 Å². The van der Waals surface area contributed by atoms with E-state index in [0.29, 0.717) is 0 Å². The summed E-state index contributed by atoms with van der Waals surface area (Å²) < 4.78 is 0. The molecule has 0 spiro atoms. The lowest BCUT2D eigenvalue weighted by Crippen LogP contribution is -2.41. The summed E-state index contributed by atoms with van der Waals surface area (Å²) in [6.45, 7) is 4.84. The summed E-state index contributed by atoms with van der Waals surface area (Å²) in [6.07, 6.45) is 1.96. The lowest BCUT2D eigenvalue weighted by atomic mass is 10.1. The highest BCUT2D eigenvalue weighted by Crippen LogP contribution is 2.11. The van der Waals surface area contributed by atoms with Gasteiger partial charge in [-0.1, -0.05) is 37.3 Å². The van der Waals surface area contributed by atoms with Crippen molar-refractivity contribution in [1.29, 1.82) is 0 Å². The second kappa shape index (κ2) is 5.82. The average Bonchev–Trinajstić information content (AvgIpc) is 2.78. The van der Waals surface area contributed by atoms with E-state index in [2.05, 4.69) is 41.4 Å². The van der Waals surface area contributed by atoms with Gasteiger partial charge >= 0.3 is 0 Å². The third-order valence-electron chi connectivity index (χ3n) is 3.40. The number of carbonyl (C=O) groups excluding carboxylic acids is 1. The zero-order valence-electron chi connectivity index (χ0n) is 10.4. The van der Waals surface area contributed by atoms with Gasteiger partial charge in [-0.25, -0.2) is 0 Å². The first-order chi connectivity index (χ1) is 8.31. The number of hydrogen-bond donors (Lipinski definition) is 1. The number of rotatable bonds is 5. The molecule has 0 saturated carbocycles. The van der Waals surface area contributed by atoms with Crippen molar-refractivity contribution >= 4 is 5.91 Å². The number of hydrogen-bond acceptors (Lipinski definition) is 2. The average molecular weight is 232 g/mol. The van der Waals surface area contributed by atoms with E-state index < -0.39 is 0 Å². The molecule has 1 unspecified atom stereocenters. The Morgan fingerprint density at radius 2 is 2.12 bits per heavy atom. The normalized spacial score (nSPS) is 19.6. The standard InChI is InChI=1S/C14H20N2O/c1-2-16(13-8-10-15-14(13)17)11-9-12-6-4-3-5-7-12/h3-7,13H,2,8-11H2,1H3,(H,15,17). The Labute approximate surface area is 103 Å². The van der Waals surface area contributed by atoms with Crippen molar-refractivity contribution in [2.75, 3.05) is 19.6 Å². The van der Waals surface area contributed by atoms with Crippen LogP contribution in [0.1, 0.15) is 18.9 Å². The van der Waals surface area contributed by atoms with Gasteiger partial charge < -0.3 is 5.32 Å². The first-order valence-electron chi connectivity index (χ1n) is 6.37. The van der Waals surface area contributed by atoms with Gasteiger partial charge in [0.05, 0.1) is 6.04 Å². The lowest BCUT2D eigenvalue weighted by Gasteiger charge is -2.25. The van der Waals surface area contributed by atoms with Crippen LogP contribution >= 0.6 is 0 Å². The monoisotopic (exact) mass is 232 g/mol. The Morgan fingerprint density at radius 1 is 1.35 bits per heavy atom. The maximum Gasteiger partial charge on any atom is 0.237 e. The van der Waals surface area contributed by atoms with Crippen molar-refractivity contribution in [3.63, 3.8) is 0 Å². The van der Waals surface area contributed by atoms with Gasteiger partial charge in [-0.15, -0.1) is 0 Å². The number of likely N-dealkylation sites (N-methyl/N-ethyl adjacent to an activating group) is 1. The molecule has 0 bridgehead atoms. The minimum Gasteiger partial charge on any atom is -0.355 e. The summed E-state index contributed by atoms with van der Waals surface area (Å²) in [5.74, 6) is 0.194. The molecule has 1 N–H and O–H groups in total. The molecule has 1 heterocycles. The third kappa shape index (κ3) is 3.07. The number of benzene rings is 1. The highest BCUT2D eigenvalue weighted by atomic mass is 16.2. The number of carbonyl (C=O) groups is 1. The predicted molar refractivity (Wildman–Crippen MR) is 68.8 cm³/mol. The first kappa shape index (κ1) is 12.1. The van der Waals surface area contributed by atoms with Crippen LogP contribution in [-0.2, 0) is 11.2 Å². The molecule has 1 aromatic rings. The van der Waals surface area contributed by atoms with Crippen LogP contribution < -0.4 is 5.32 Å². The van der Waals surface area contributed by atoms with E-state index in [-0.39, 0.29) is 11.9 Å². The van der Waals surface area contributed by atoms with E-state index in [1.165, 1.54) is 5.56 Å². The van der Waals surface area contributed by atoms with Crippen molar-refractivity contribution in [2.24, 2.45) is 0 Å². The number of nitrogens with zero attached hydrogens (tertiary/aromatic N) is 1. The zero-order chi connectivity index (χ0) is 12.1. The number of nitrogens with one attached hydrogen (secondary N) is 1. The molecule has 1 aliphatic rings. The topological polar surface area (TPSA) is 32.3 Å². The Balaban J connectivity index is 1.90. The van der Waals surface area contributed by atoms with Crippen molar-refractivity contribution < 1.29 is 4.79 Å². The summed E-state index contributed by atoms with van der Waals surface area (Å²) in [4.78, 5) is 13.9. The van der Waals surface area contributed by atoms with E-state index >= 15 is 0 Å². The van der Waals surface area contributed by atoms with Crippen molar-refractivity contribution in [1.82, 2.24) is 10.2 Å². The molecule has 0 aromatic heterocycles. The molecule has 1 amide bonds. The molecular weight excluding hydrogens is 212 g/mol. The molecule has 17 heavy (non-hydrogen) atoms. The van der Waals surface area contributed by atoms with Gasteiger partial charge in [-0.3, -0.25) is 9.69 Å². The van der Waals surface area contributed by atoms with Gasteiger partial charge in [-0.05, 0) is 24.9 Å². The molecule has 3 nitrogen and oxygen atoms in total. The quantitative estimate of drug-likeness (QED) is 0.833. The Bertz CT molecular complexity index is 364. The zero-order valence-corrected chi connectivity index (χ0v) is 10.4. The smallest absolute Gasteiger partial charge is 0.237 e. The maximum absolute atomic E-state index is 11.6. The minimum absolute atomic E-state index is 0.0868. The summed E-state index contributed by atoms with van der Waals surface area (Å²) in [7, 11) is 0. The van der Waals surface area contributed by atoms with E-state index in [1.54, 1.807) is 0 Å². The number of amides is 1. The van der Waals surface area contributed by atoms with Gasteiger partial charge in [-0.2, -0.15) is 0 Å². The fourth-order valence-electron chi connectivity index (χ4n) is 2.38. The lowest BCUT2D eigenvalue weighted by molar-refractivity contribution is -0.123. The van der Waals surface area contributed by atoms with Gasteiger partial charge in [0.2, 0.25) is 5.91 Å². The minimum atomic E-state index is 0.0868. The summed E-state index contributed by atoms with van der Waals surface area (Å²) in [5.41, 5.74) is 1.34. The van der Waals surface area contributed by atoms with Gasteiger partial charge in [0, 0.05) is 13.1 Å². The Morgan fingerprint density at radius 3 is 2.71 bits per heavy atom. The van der Waals surface area contributed by atoms with Crippen LogP contribution in [0.5, 0.6) is 0 Å². The van der Waals surface area contributed by atoms with Crippen molar-refractivity contribution in [2.45, 2.75) is 25.8 Å². The predicted octanol–water partition coefficient (Wildman–Crippen LogP) is 1.44. The van der Waals surface area contributed by atoms with Gasteiger partial charge in [0.25, 0.3) is 0 Å². The largest absolute Gasteiger partial charge is 0.355 e. The van der Waals surface area contributed by atoms with Crippen LogP contribution in [0.2, 0.25) is 0 Å². The first-order valence-corrected chi connectivity index (χ1v) is 6.37. The van der Waals surface area contributed by atoms with Gasteiger partial charge in [0.15, 0.2) is 0 Å². The molecule has 1 atom stereocenters. The fraction of sp³-hybridized carbons (Fsp3) is 0.500. The summed E-state index contributed by atoms with van der Waals surface area (Å²) in [6, 6.07) is 10.5. The van der Waals surface area contributed by atoms with E-state index in [1.807, 2.05) is 6.07 Å². The van der Waals surface area contributed by atoms with Crippen LogP contribution in [0.25, 0.3) is 0 Å². The second-order valence-electron chi connectivity index (χ2n) is 4.46. The fourth-order valence-corrected chi connectivity index (χ4v) is 2.38. The summed E-state index contributed by atoms with van der Waals surface area (Å²) >= 11 is 0. The molecule has 3 heteroatoms. The van der Waals surface area contributed by atoms with Crippen molar-refractivity contribution in [3.05, 3.63) is 35.9 Å². The SMILES string of the molecule is CCN(CCc1ccccc1)C1CCNC1=O. The third-order valence-corrected chi connectivity index (χ3v) is 3.40. The summed E-state index contributed by atoms with van der Waals surface area (Å²) in [5, 5.41) is 2.90. The van der Waals surface area contributed by atoms with Crippen LogP contribution in [0.4, 0.5) is 0 Å².